The minimum Gasteiger partial charge on any atom is -0.325 e. The van der Waals surface area contributed by atoms with Crippen molar-refractivity contribution in [3.8, 4) is 0 Å². The van der Waals surface area contributed by atoms with E-state index in [4.69, 9.17) is 23.2 Å². The molecule has 0 aliphatic rings. The first-order valence-corrected chi connectivity index (χ1v) is 10.9. The molecule has 7 nitrogen and oxygen atoms in total. The Balaban J connectivity index is 1.52. The van der Waals surface area contributed by atoms with Gasteiger partial charge in [0, 0.05) is 18.1 Å². The number of nitrogens with zero attached hydrogens (tertiary/aromatic N) is 4. The molecule has 0 aliphatic heterocycles. The van der Waals surface area contributed by atoms with Crippen LogP contribution < -0.4 is 10.9 Å². The smallest absolute Gasteiger partial charge is 0.261 e. The van der Waals surface area contributed by atoms with Gasteiger partial charge in [-0.25, -0.2) is 15.0 Å². The molecule has 0 radical (unpaired) electrons. The largest absolute Gasteiger partial charge is 0.325 e. The van der Waals surface area contributed by atoms with Gasteiger partial charge in [0.1, 0.15) is 0 Å². The first kappa shape index (κ1) is 21.3. The Kier molecular flexibility index (Phi) is 6.50. The zero-order valence-electron chi connectivity index (χ0n) is 16.0. The molecule has 0 unspecified atom stereocenters. The summed E-state index contributed by atoms with van der Waals surface area (Å²) in [5.74, 6) is -0.0757. The van der Waals surface area contributed by atoms with E-state index in [9.17, 15) is 9.59 Å². The van der Waals surface area contributed by atoms with Crippen LogP contribution in [0.1, 0.15) is 5.56 Å². The van der Waals surface area contributed by atoms with E-state index in [2.05, 4.69) is 20.3 Å². The molecule has 2 aromatic carbocycles. The highest BCUT2D eigenvalue weighted by molar-refractivity contribution is 7.99. The van der Waals surface area contributed by atoms with Crippen LogP contribution in [0.5, 0.6) is 0 Å². The lowest BCUT2D eigenvalue weighted by Crippen LogP contribution is -2.21. The van der Waals surface area contributed by atoms with Crippen molar-refractivity contribution in [2.75, 3.05) is 11.1 Å². The topological polar surface area (TPSA) is 89.8 Å². The molecule has 0 saturated carbocycles. The number of carbonyl (C=O) groups excluding carboxylic acids is 1. The first-order valence-electron chi connectivity index (χ1n) is 9.12. The second kappa shape index (κ2) is 9.47. The molecule has 156 valence electrons. The monoisotopic (exact) mass is 471 g/mol. The van der Waals surface area contributed by atoms with E-state index >= 15 is 0 Å². The Morgan fingerprint density at radius 1 is 1.03 bits per heavy atom. The minimum absolute atomic E-state index is 0.149. The zero-order chi connectivity index (χ0) is 21.8. The molecule has 0 saturated heterocycles. The molecule has 4 aromatic rings. The van der Waals surface area contributed by atoms with E-state index < -0.39 is 0 Å². The summed E-state index contributed by atoms with van der Waals surface area (Å²) < 4.78 is 1.48. The molecule has 0 fully saturated rings. The van der Waals surface area contributed by atoms with Crippen LogP contribution in [0, 0.1) is 0 Å². The molecule has 2 aromatic heterocycles. The predicted octanol–water partition coefficient (Wildman–Crippen LogP) is 4.27. The van der Waals surface area contributed by atoms with Crippen molar-refractivity contribution in [1.29, 1.82) is 0 Å². The lowest BCUT2D eigenvalue weighted by Gasteiger charge is -2.09. The van der Waals surface area contributed by atoms with E-state index in [0.717, 1.165) is 5.56 Å². The van der Waals surface area contributed by atoms with E-state index in [-0.39, 0.29) is 17.2 Å². The van der Waals surface area contributed by atoms with Crippen LogP contribution in [-0.4, -0.2) is 31.2 Å². The van der Waals surface area contributed by atoms with Crippen LogP contribution in [0.2, 0.25) is 10.0 Å². The van der Waals surface area contributed by atoms with Crippen molar-refractivity contribution in [1.82, 2.24) is 19.5 Å². The number of amides is 1. The molecular weight excluding hydrogens is 457 g/mol. The van der Waals surface area contributed by atoms with Gasteiger partial charge in [0.15, 0.2) is 5.16 Å². The first-order chi connectivity index (χ1) is 15.0. The molecule has 31 heavy (non-hydrogen) atoms. The summed E-state index contributed by atoms with van der Waals surface area (Å²) in [7, 11) is 0. The number of halogens is 2. The third kappa shape index (κ3) is 5.22. The van der Waals surface area contributed by atoms with Gasteiger partial charge in [-0.15, -0.1) is 0 Å². The highest BCUT2D eigenvalue weighted by atomic mass is 35.5. The van der Waals surface area contributed by atoms with E-state index in [0.29, 0.717) is 38.3 Å². The highest BCUT2D eigenvalue weighted by Gasteiger charge is 2.10. The fourth-order valence-electron chi connectivity index (χ4n) is 2.87. The minimum atomic E-state index is -0.225. The summed E-state index contributed by atoms with van der Waals surface area (Å²) in [5, 5.41) is 4.58. The average Bonchev–Trinajstić information content (AvgIpc) is 2.78. The third-order valence-electron chi connectivity index (χ3n) is 4.32. The van der Waals surface area contributed by atoms with Gasteiger partial charge in [0.25, 0.3) is 5.56 Å². The highest BCUT2D eigenvalue weighted by Crippen LogP contribution is 2.23. The number of hydrogen-bond acceptors (Lipinski definition) is 6. The van der Waals surface area contributed by atoms with E-state index in [1.807, 2.05) is 0 Å². The molecule has 10 heteroatoms. The Labute approximate surface area is 191 Å². The summed E-state index contributed by atoms with van der Waals surface area (Å²) in [6, 6.07) is 11.9. The lowest BCUT2D eigenvalue weighted by atomic mass is 10.2. The normalized spacial score (nSPS) is 10.9. The molecule has 0 bridgehead atoms. The Bertz CT molecular complexity index is 1310. The molecule has 1 amide bonds. The van der Waals surface area contributed by atoms with Crippen LogP contribution in [-0.2, 0) is 11.3 Å². The molecule has 4 rings (SSSR count). The number of aromatic nitrogens is 4. The van der Waals surface area contributed by atoms with Gasteiger partial charge in [-0.1, -0.05) is 41.0 Å². The molecular formula is C21H15Cl2N5O2S. The van der Waals surface area contributed by atoms with Gasteiger partial charge in [0.2, 0.25) is 5.91 Å². The van der Waals surface area contributed by atoms with Gasteiger partial charge in [0.05, 0.1) is 39.6 Å². The maximum atomic E-state index is 13.0. The fraction of sp³-hybridized carbons (Fsp3) is 0.0952. The Morgan fingerprint density at radius 3 is 2.61 bits per heavy atom. The van der Waals surface area contributed by atoms with Crippen LogP contribution in [0.25, 0.3) is 10.9 Å². The van der Waals surface area contributed by atoms with Crippen molar-refractivity contribution in [3.05, 3.63) is 87.1 Å². The number of carbonyl (C=O) groups is 1. The quantitative estimate of drug-likeness (QED) is 0.333. The van der Waals surface area contributed by atoms with Gasteiger partial charge in [-0.05, 0) is 42.0 Å². The van der Waals surface area contributed by atoms with Gasteiger partial charge in [-0.2, -0.15) is 0 Å². The summed E-state index contributed by atoms with van der Waals surface area (Å²) in [5.41, 5.74) is 1.65. The number of benzene rings is 2. The number of fused-ring (bicyclic) bond motifs is 1. The van der Waals surface area contributed by atoms with Gasteiger partial charge < -0.3 is 5.32 Å². The maximum absolute atomic E-state index is 13.0. The van der Waals surface area contributed by atoms with Crippen LogP contribution >= 0.6 is 35.0 Å². The predicted molar refractivity (Wildman–Crippen MR) is 123 cm³/mol. The second-order valence-corrected chi connectivity index (χ2v) is 8.28. The Hall–Kier alpha value is -2.94. The second-order valence-electron chi connectivity index (χ2n) is 6.53. The summed E-state index contributed by atoms with van der Waals surface area (Å²) in [4.78, 5) is 37.7. The van der Waals surface area contributed by atoms with Gasteiger partial charge in [-0.3, -0.25) is 14.2 Å². The van der Waals surface area contributed by atoms with Crippen molar-refractivity contribution in [2.24, 2.45) is 0 Å². The molecule has 2 heterocycles. The summed E-state index contributed by atoms with van der Waals surface area (Å²) in [6.07, 6.45) is 4.72. The third-order valence-corrected chi connectivity index (χ3v) is 5.93. The van der Waals surface area contributed by atoms with E-state index in [1.165, 1.54) is 22.7 Å². The SMILES string of the molecule is O=C(CSc1ncccn1)Nc1ccc2ncn(Cc3ccc(Cl)c(Cl)c3)c(=O)c2c1. The number of nitrogens with one attached hydrogen (secondary N) is 1. The molecule has 1 N–H and O–H groups in total. The summed E-state index contributed by atoms with van der Waals surface area (Å²) >= 11 is 13.2. The molecule has 0 aliphatic carbocycles. The lowest BCUT2D eigenvalue weighted by molar-refractivity contribution is -0.113. The molecule has 0 spiro atoms. The van der Waals surface area contributed by atoms with Crippen molar-refractivity contribution in [2.45, 2.75) is 11.7 Å². The maximum Gasteiger partial charge on any atom is 0.261 e. The van der Waals surface area contributed by atoms with Gasteiger partial charge >= 0.3 is 0 Å². The number of anilines is 1. The standard InChI is InChI=1S/C21H15Cl2N5O2S/c22-16-4-2-13(8-17(16)23)10-28-12-26-18-5-3-14(9-15(18)20(28)30)27-19(29)11-31-21-24-6-1-7-25-21/h1-9,12H,10-11H2,(H,27,29). The van der Waals surface area contributed by atoms with Crippen molar-refractivity contribution >= 4 is 57.5 Å². The van der Waals surface area contributed by atoms with E-state index in [1.54, 1.807) is 54.9 Å². The molecule has 0 atom stereocenters. The number of hydrogen-bond donors (Lipinski definition) is 1. The van der Waals surface area contributed by atoms with Crippen LogP contribution in [0.3, 0.4) is 0 Å². The van der Waals surface area contributed by atoms with Crippen molar-refractivity contribution in [3.63, 3.8) is 0 Å². The average molecular weight is 472 g/mol. The fourth-order valence-corrected chi connectivity index (χ4v) is 3.79. The van der Waals surface area contributed by atoms with Crippen molar-refractivity contribution < 1.29 is 4.79 Å². The van der Waals surface area contributed by atoms with Crippen LogP contribution in [0.15, 0.2) is 71.1 Å². The van der Waals surface area contributed by atoms with Crippen LogP contribution in [0.4, 0.5) is 5.69 Å². The zero-order valence-corrected chi connectivity index (χ0v) is 18.3. The Morgan fingerprint density at radius 2 is 1.84 bits per heavy atom. The number of rotatable bonds is 6. The number of thioether (sulfide) groups is 1. The summed E-state index contributed by atoms with van der Waals surface area (Å²) in [6.45, 7) is 0.295.